The first kappa shape index (κ1) is 7.46. The van der Waals surface area contributed by atoms with E-state index in [0.717, 1.165) is 12.0 Å². The van der Waals surface area contributed by atoms with Crippen molar-refractivity contribution in [1.29, 1.82) is 0 Å². The molecule has 0 N–H and O–H groups in total. The molecule has 0 saturated heterocycles. The molecule has 1 fully saturated rings. The molecular formula is C8H9FN2O. The first-order valence-corrected chi connectivity index (χ1v) is 3.85. The molecule has 1 aliphatic rings. The van der Waals surface area contributed by atoms with E-state index in [9.17, 15) is 9.18 Å². The highest BCUT2D eigenvalue weighted by atomic mass is 19.1. The van der Waals surface area contributed by atoms with Crippen molar-refractivity contribution in [2.45, 2.75) is 18.5 Å². The SMILES string of the molecule is Cn1ncc(C=O)c1[C@@H]1C[C@H]1F. The molecule has 0 radical (unpaired) electrons. The Balaban J connectivity index is 2.39. The third-order valence-electron chi connectivity index (χ3n) is 2.21. The molecule has 64 valence electrons. The molecule has 1 aromatic heterocycles. The van der Waals surface area contributed by atoms with Gasteiger partial charge in [-0.2, -0.15) is 5.10 Å². The van der Waals surface area contributed by atoms with Crippen LogP contribution in [0.4, 0.5) is 4.39 Å². The van der Waals surface area contributed by atoms with Crippen molar-refractivity contribution in [3.05, 3.63) is 17.5 Å². The predicted octanol–water partition coefficient (Wildman–Crippen LogP) is 1.06. The quantitative estimate of drug-likeness (QED) is 0.619. The number of alkyl halides is 1. The van der Waals surface area contributed by atoms with Gasteiger partial charge in [0, 0.05) is 13.0 Å². The van der Waals surface area contributed by atoms with E-state index in [4.69, 9.17) is 0 Å². The van der Waals surface area contributed by atoms with Crippen LogP contribution >= 0.6 is 0 Å². The average Bonchev–Trinajstić information content (AvgIpc) is 2.62. The van der Waals surface area contributed by atoms with E-state index >= 15 is 0 Å². The Kier molecular flexibility index (Phi) is 1.49. The van der Waals surface area contributed by atoms with Crippen molar-refractivity contribution < 1.29 is 9.18 Å². The van der Waals surface area contributed by atoms with Gasteiger partial charge in [0.15, 0.2) is 6.29 Å². The van der Waals surface area contributed by atoms with Crippen LogP contribution in [0.2, 0.25) is 0 Å². The summed E-state index contributed by atoms with van der Waals surface area (Å²) in [5, 5.41) is 3.90. The van der Waals surface area contributed by atoms with Crippen LogP contribution in [-0.2, 0) is 7.05 Å². The van der Waals surface area contributed by atoms with Gasteiger partial charge in [-0.25, -0.2) is 4.39 Å². The lowest BCUT2D eigenvalue weighted by Crippen LogP contribution is -1.99. The lowest BCUT2D eigenvalue weighted by atomic mass is 10.2. The zero-order chi connectivity index (χ0) is 8.72. The molecule has 1 aromatic rings. The fourth-order valence-corrected chi connectivity index (χ4v) is 1.46. The zero-order valence-electron chi connectivity index (χ0n) is 6.70. The van der Waals surface area contributed by atoms with Crippen LogP contribution in [0.25, 0.3) is 0 Å². The van der Waals surface area contributed by atoms with E-state index in [0.29, 0.717) is 12.0 Å². The number of nitrogens with zero attached hydrogens (tertiary/aromatic N) is 2. The number of hydrogen-bond acceptors (Lipinski definition) is 2. The number of carbonyl (C=O) groups excluding carboxylic acids is 1. The highest BCUT2D eigenvalue weighted by Crippen LogP contribution is 2.44. The predicted molar refractivity (Wildman–Crippen MR) is 40.8 cm³/mol. The lowest BCUT2D eigenvalue weighted by molar-refractivity contribution is 0.112. The highest BCUT2D eigenvalue weighted by molar-refractivity contribution is 5.76. The maximum atomic E-state index is 12.7. The normalized spacial score (nSPS) is 27.2. The Morgan fingerprint density at radius 2 is 2.50 bits per heavy atom. The van der Waals surface area contributed by atoms with E-state index in [2.05, 4.69) is 5.10 Å². The van der Waals surface area contributed by atoms with E-state index < -0.39 is 6.17 Å². The van der Waals surface area contributed by atoms with Gasteiger partial charge in [0.1, 0.15) is 6.17 Å². The van der Waals surface area contributed by atoms with Crippen LogP contribution < -0.4 is 0 Å². The second kappa shape index (κ2) is 2.40. The van der Waals surface area contributed by atoms with Gasteiger partial charge in [-0.3, -0.25) is 9.48 Å². The summed E-state index contributed by atoms with van der Waals surface area (Å²) in [4.78, 5) is 10.5. The van der Waals surface area contributed by atoms with E-state index in [-0.39, 0.29) is 5.92 Å². The summed E-state index contributed by atoms with van der Waals surface area (Å²) in [6, 6.07) is 0. The molecule has 1 aliphatic carbocycles. The van der Waals surface area contributed by atoms with Crippen LogP contribution in [-0.4, -0.2) is 22.2 Å². The molecule has 0 spiro atoms. The maximum absolute atomic E-state index is 12.7. The molecule has 1 saturated carbocycles. The van der Waals surface area contributed by atoms with Crippen LogP contribution in [0, 0.1) is 0 Å². The van der Waals surface area contributed by atoms with Crippen LogP contribution in [0.1, 0.15) is 28.4 Å². The summed E-state index contributed by atoms with van der Waals surface area (Å²) < 4.78 is 14.3. The topological polar surface area (TPSA) is 34.9 Å². The fraction of sp³-hybridized carbons (Fsp3) is 0.500. The number of halogens is 1. The standard InChI is InChI=1S/C8H9FN2O/c1-11-8(6-2-7(6)9)5(4-12)3-10-11/h3-4,6-7H,2H2,1H3/t6-,7-/m1/s1. The molecule has 3 nitrogen and oxygen atoms in total. The van der Waals surface area contributed by atoms with Crippen LogP contribution in [0.15, 0.2) is 6.20 Å². The third kappa shape index (κ3) is 0.948. The Bertz CT molecular complexity index is 321. The largest absolute Gasteiger partial charge is 0.298 e. The minimum atomic E-state index is -0.779. The van der Waals surface area contributed by atoms with Crippen molar-refractivity contribution in [3.63, 3.8) is 0 Å². The summed E-state index contributed by atoms with van der Waals surface area (Å²) in [5.74, 6) is -0.0994. The van der Waals surface area contributed by atoms with Crippen molar-refractivity contribution in [2.24, 2.45) is 7.05 Å². The van der Waals surface area contributed by atoms with E-state index in [1.165, 1.54) is 6.20 Å². The number of aldehydes is 1. The average molecular weight is 168 g/mol. The Morgan fingerprint density at radius 3 is 3.00 bits per heavy atom. The summed E-state index contributed by atoms with van der Waals surface area (Å²) in [5.41, 5.74) is 1.25. The monoisotopic (exact) mass is 168 g/mol. The molecule has 0 aliphatic heterocycles. The summed E-state index contributed by atoms with van der Waals surface area (Å²) in [7, 11) is 1.73. The molecule has 2 atom stereocenters. The van der Waals surface area contributed by atoms with Crippen molar-refractivity contribution in [1.82, 2.24) is 9.78 Å². The van der Waals surface area contributed by atoms with Gasteiger partial charge in [0.2, 0.25) is 0 Å². The molecule has 2 rings (SSSR count). The molecule has 0 aromatic carbocycles. The van der Waals surface area contributed by atoms with E-state index in [1.54, 1.807) is 11.7 Å². The van der Waals surface area contributed by atoms with Gasteiger partial charge in [-0.05, 0) is 6.42 Å². The van der Waals surface area contributed by atoms with Crippen LogP contribution in [0.5, 0.6) is 0 Å². The molecule has 4 heteroatoms. The van der Waals surface area contributed by atoms with Crippen molar-refractivity contribution in [2.75, 3.05) is 0 Å². The van der Waals surface area contributed by atoms with Crippen LogP contribution in [0.3, 0.4) is 0 Å². The maximum Gasteiger partial charge on any atom is 0.153 e. The molecule has 0 bridgehead atoms. The molecular weight excluding hydrogens is 159 g/mol. The van der Waals surface area contributed by atoms with Gasteiger partial charge in [0.25, 0.3) is 0 Å². The smallest absolute Gasteiger partial charge is 0.153 e. The zero-order valence-corrected chi connectivity index (χ0v) is 6.70. The molecule has 0 amide bonds. The molecule has 12 heavy (non-hydrogen) atoms. The Labute approximate surface area is 69.2 Å². The van der Waals surface area contributed by atoms with Gasteiger partial charge in [-0.15, -0.1) is 0 Å². The number of aromatic nitrogens is 2. The lowest BCUT2D eigenvalue weighted by Gasteiger charge is -1.98. The summed E-state index contributed by atoms with van der Waals surface area (Å²) in [6.45, 7) is 0. The van der Waals surface area contributed by atoms with Crippen molar-refractivity contribution in [3.8, 4) is 0 Å². The second-order valence-electron chi connectivity index (χ2n) is 3.08. The number of aryl methyl sites for hydroxylation is 1. The van der Waals surface area contributed by atoms with Gasteiger partial charge >= 0.3 is 0 Å². The summed E-state index contributed by atoms with van der Waals surface area (Å²) in [6.07, 6.45) is 1.96. The second-order valence-corrected chi connectivity index (χ2v) is 3.08. The van der Waals surface area contributed by atoms with Gasteiger partial charge in [-0.1, -0.05) is 0 Å². The first-order chi connectivity index (χ1) is 5.74. The first-order valence-electron chi connectivity index (χ1n) is 3.85. The Morgan fingerprint density at radius 1 is 1.83 bits per heavy atom. The highest BCUT2D eigenvalue weighted by Gasteiger charge is 2.42. The molecule has 0 unspecified atom stereocenters. The fourth-order valence-electron chi connectivity index (χ4n) is 1.46. The summed E-state index contributed by atoms with van der Waals surface area (Å²) >= 11 is 0. The van der Waals surface area contributed by atoms with Crippen molar-refractivity contribution >= 4 is 6.29 Å². The number of carbonyl (C=O) groups is 1. The molecule has 1 heterocycles. The number of rotatable bonds is 2. The van der Waals surface area contributed by atoms with E-state index in [1.807, 2.05) is 0 Å². The Hall–Kier alpha value is -1.19. The van der Waals surface area contributed by atoms with Gasteiger partial charge < -0.3 is 0 Å². The van der Waals surface area contributed by atoms with Gasteiger partial charge in [0.05, 0.1) is 17.5 Å². The third-order valence-corrected chi connectivity index (χ3v) is 2.21. The minimum absolute atomic E-state index is 0.0994. The minimum Gasteiger partial charge on any atom is -0.298 e. The number of hydrogen-bond donors (Lipinski definition) is 0.